The molecule has 2 aliphatic rings. The summed E-state index contributed by atoms with van der Waals surface area (Å²) in [6, 6.07) is 0.120. The Morgan fingerprint density at radius 3 is 2.78 bits per heavy atom. The highest BCUT2D eigenvalue weighted by Crippen LogP contribution is 2.40. The number of nitrogens with zero attached hydrogens (tertiary/aromatic N) is 3. The van der Waals surface area contributed by atoms with Crippen LogP contribution in [0.5, 0.6) is 0 Å². The van der Waals surface area contributed by atoms with Crippen LogP contribution in [0.2, 0.25) is 0 Å². The minimum Gasteiger partial charge on any atom is -0.377 e. The highest BCUT2D eigenvalue weighted by atomic mass is 32.1. The molecule has 3 heterocycles. The number of aromatic nitrogens is 2. The molecule has 5 nitrogen and oxygen atoms in total. The zero-order chi connectivity index (χ0) is 16.1. The Balaban J connectivity index is 1.76. The molecule has 0 N–H and O–H groups in total. The molecule has 1 amide bonds. The number of aryl methyl sites for hydroxylation is 2. The molecular formula is C17H21N3O2S. The number of hydrogen-bond donors (Lipinski definition) is 0. The van der Waals surface area contributed by atoms with Crippen LogP contribution in [0.3, 0.4) is 0 Å². The Hall–Kier alpha value is -1.53. The van der Waals surface area contributed by atoms with Gasteiger partial charge < -0.3 is 9.64 Å². The highest BCUT2D eigenvalue weighted by molar-refractivity contribution is 7.20. The highest BCUT2D eigenvalue weighted by Gasteiger charge is 2.30. The van der Waals surface area contributed by atoms with Crippen LogP contribution < -0.4 is 0 Å². The predicted octanol–water partition coefficient (Wildman–Crippen LogP) is 3.05. The van der Waals surface area contributed by atoms with Gasteiger partial charge >= 0.3 is 0 Å². The summed E-state index contributed by atoms with van der Waals surface area (Å²) in [5.74, 6) is 1.59. The van der Waals surface area contributed by atoms with Crippen molar-refractivity contribution in [3.05, 3.63) is 22.0 Å². The molecule has 1 unspecified atom stereocenters. The quantitative estimate of drug-likeness (QED) is 0.849. The Labute approximate surface area is 139 Å². The third-order valence-electron chi connectivity index (χ3n) is 4.75. The van der Waals surface area contributed by atoms with Crippen molar-refractivity contribution in [2.45, 2.75) is 45.6 Å². The van der Waals surface area contributed by atoms with Crippen LogP contribution in [0.4, 0.5) is 0 Å². The molecule has 1 saturated carbocycles. The maximum atomic E-state index is 13.0. The van der Waals surface area contributed by atoms with Gasteiger partial charge in [-0.2, -0.15) is 0 Å². The number of fused-ring (bicyclic) bond motifs is 1. The molecule has 23 heavy (non-hydrogen) atoms. The number of thiophene rings is 1. The second-order valence-electron chi connectivity index (χ2n) is 6.60. The molecule has 1 aliphatic carbocycles. The van der Waals surface area contributed by atoms with Crippen LogP contribution in [0.1, 0.15) is 52.4 Å². The van der Waals surface area contributed by atoms with E-state index in [0.717, 1.165) is 32.2 Å². The smallest absolute Gasteiger partial charge is 0.264 e. The van der Waals surface area contributed by atoms with Gasteiger partial charge in [0, 0.05) is 17.8 Å². The number of morpholine rings is 1. The Kier molecular flexibility index (Phi) is 3.61. The summed E-state index contributed by atoms with van der Waals surface area (Å²) in [6.45, 7) is 7.97. The van der Waals surface area contributed by atoms with E-state index in [1.165, 1.54) is 24.2 Å². The van der Waals surface area contributed by atoms with E-state index < -0.39 is 0 Å². The summed E-state index contributed by atoms with van der Waals surface area (Å²) in [6.07, 6.45) is 2.37. The van der Waals surface area contributed by atoms with Crippen LogP contribution in [0.15, 0.2) is 0 Å². The van der Waals surface area contributed by atoms with Crippen molar-refractivity contribution in [1.82, 2.24) is 14.9 Å². The number of amides is 1. The van der Waals surface area contributed by atoms with Crippen molar-refractivity contribution in [3.63, 3.8) is 0 Å². The van der Waals surface area contributed by atoms with E-state index in [1.807, 2.05) is 25.7 Å². The average Bonchev–Trinajstić information content (AvgIpc) is 3.31. The lowest BCUT2D eigenvalue weighted by Crippen LogP contribution is -2.47. The van der Waals surface area contributed by atoms with Crippen LogP contribution in [-0.4, -0.2) is 46.6 Å². The lowest BCUT2D eigenvalue weighted by Gasteiger charge is -2.33. The van der Waals surface area contributed by atoms with E-state index in [1.54, 1.807) is 0 Å². The van der Waals surface area contributed by atoms with Gasteiger partial charge in [-0.1, -0.05) is 0 Å². The Morgan fingerprint density at radius 1 is 1.30 bits per heavy atom. The molecule has 1 saturated heterocycles. The van der Waals surface area contributed by atoms with Crippen LogP contribution >= 0.6 is 11.3 Å². The largest absolute Gasteiger partial charge is 0.377 e. The molecule has 6 heteroatoms. The predicted molar refractivity (Wildman–Crippen MR) is 90.2 cm³/mol. The first-order valence-corrected chi connectivity index (χ1v) is 9.04. The molecule has 0 bridgehead atoms. The van der Waals surface area contributed by atoms with Crippen molar-refractivity contribution >= 4 is 27.5 Å². The lowest BCUT2D eigenvalue weighted by atomic mass is 10.1. The first-order chi connectivity index (χ1) is 11.1. The van der Waals surface area contributed by atoms with Crippen molar-refractivity contribution in [2.24, 2.45) is 0 Å². The molecule has 1 aliphatic heterocycles. The lowest BCUT2D eigenvalue weighted by molar-refractivity contribution is 0.00384. The topological polar surface area (TPSA) is 55.3 Å². The fourth-order valence-corrected chi connectivity index (χ4v) is 4.44. The number of hydrogen-bond acceptors (Lipinski definition) is 5. The normalized spacial score (nSPS) is 21.9. The second kappa shape index (κ2) is 5.53. The monoisotopic (exact) mass is 331 g/mol. The van der Waals surface area contributed by atoms with Gasteiger partial charge in [-0.3, -0.25) is 4.79 Å². The van der Waals surface area contributed by atoms with Gasteiger partial charge in [-0.15, -0.1) is 11.3 Å². The average molecular weight is 331 g/mol. The van der Waals surface area contributed by atoms with Gasteiger partial charge in [0.05, 0.1) is 29.8 Å². The fourth-order valence-electron chi connectivity index (χ4n) is 3.25. The van der Waals surface area contributed by atoms with E-state index in [9.17, 15) is 4.79 Å². The molecule has 0 radical (unpaired) electrons. The maximum absolute atomic E-state index is 13.0. The first-order valence-electron chi connectivity index (χ1n) is 8.22. The van der Waals surface area contributed by atoms with Crippen molar-refractivity contribution in [3.8, 4) is 0 Å². The van der Waals surface area contributed by atoms with E-state index in [-0.39, 0.29) is 11.9 Å². The van der Waals surface area contributed by atoms with Gasteiger partial charge in [-0.25, -0.2) is 9.97 Å². The molecule has 2 aromatic rings. The molecule has 122 valence electrons. The zero-order valence-electron chi connectivity index (χ0n) is 13.8. The summed E-state index contributed by atoms with van der Waals surface area (Å²) >= 11 is 1.52. The summed E-state index contributed by atoms with van der Waals surface area (Å²) in [5, 5.41) is 1.06. The zero-order valence-corrected chi connectivity index (χ0v) is 14.6. The number of rotatable bonds is 2. The number of carbonyl (C=O) groups is 1. The minimum absolute atomic E-state index is 0.105. The van der Waals surface area contributed by atoms with Crippen LogP contribution in [0, 0.1) is 13.8 Å². The van der Waals surface area contributed by atoms with Crippen molar-refractivity contribution in [2.75, 3.05) is 19.8 Å². The fraction of sp³-hybridized carbons (Fsp3) is 0.588. The molecule has 2 fully saturated rings. The second-order valence-corrected chi connectivity index (χ2v) is 7.60. The van der Waals surface area contributed by atoms with Gasteiger partial charge in [0.2, 0.25) is 0 Å². The Bertz CT molecular complexity index is 782. The number of ether oxygens (including phenoxy) is 1. The standard InChI is InChI=1S/C17H21N3O2S/c1-9-8-22-7-6-20(9)17(21)14-10(2)13-11(3)18-15(12-4-5-12)19-16(13)23-14/h9,12H,4-8H2,1-3H3. The molecular weight excluding hydrogens is 310 g/mol. The van der Waals surface area contributed by atoms with E-state index in [2.05, 4.69) is 4.98 Å². The van der Waals surface area contributed by atoms with Gasteiger partial charge in [0.15, 0.2) is 0 Å². The molecule has 0 aromatic carbocycles. The third kappa shape index (κ3) is 2.54. The van der Waals surface area contributed by atoms with Gasteiger partial charge in [0.25, 0.3) is 5.91 Å². The maximum Gasteiger partial charge on any atom is 0.264 e. The molecule has 4 rings (SSSR count). The first kappa shape index (κ1) is 15.0. The Morgan fingerprint density at radius 2 is 2.09 bits per heavy atom. The summed E-state index contributed by atoms with van der Waals surface area (Å²) in [7, 11) is 0. The van der Waals surface area contributed by atoms with E-state index in [0.29, 0.717) is 25.7 Å². The third-order valence-corrected chi connectivity index (χ3v) is 5.93. The minimum atomic E-state index is 0.105. The van der Waals surface area contributed by atoms with E-state index in [4.69, 9.17) is 9.72 Å². The summed E-state index contributed by atoms with van der Waals surface area (Å²) in [4.78, 5) is 26.1. The summed E-state index contributed by atoms with van der Waals surface area (Å²) < 4.78 is 5.44. The van der Waals surface area contributed by atoms with Crippen LogP contribution in [-0.2, 0) is 4.74 Å². The molecule has 1 atom stereocenters. The van der Waals surface area contributed by atoms with Crippen molar-refractivity contribution in [1.29, 1.82) is 0 Å². The van der Waals surface area contributed by atoms with Gasteiger partial charge in [0.1, 0.15) is 10.7 Å². The molecule has 0 spiro atoms. The summed E-state index contributed by atoms with van der Waals surface area (Å²) in [5.41, 5.74) is 2.02. The van der Waals surface area contributed by atoms with Gasteiger partial charge in [-0.05, 0) is 39.2 Å². The van der Waals surface area contributed by atoms with Crippen molar-refractivity contribution < 1.29 is 9.53 Å². The van der Waals surface area contributed by atoms with E-state index >= 15 is 0 Å². The number of carbonyl (C=O) groups excluding carboxylic acids is 1. The SMILES string of the molecule is Cc1nc(C2CC2)nc2sc(C(=O)N3CCOCC3C)c(C)c12. The van der Waals surface area contributed by atoms with Crippen LogP contribution in [0.25, 0.3) is 10.2 Å². The molecule has 2 aromatic heterocycles.